The number of carbonyl (C=O) groups is 2. The Balaban J connectivity index is 2.22. The van der Waals surface area contributed by atoms with Crippen LogP contribution in [0.2, 0.25) is 0 Å². The van der Waals surface area contributed by atoms with E-state index in [9.17, 15) is 22.8 Å². The van der Waals surface area contributed by atoms with Crippen LogP contribution in [0.25, 0.3) is 0 Å². The van der Waals surface area contributed by atoms with Crippen molar-refractivity contribution in [2.75, 3.05) is 11.4 Å². The first-order valence-corrected chi connectivity index (χ1v) is 5.51. The zero-order chi connectivity index (χ0) is 14.2. The fourth-order valence-electron chi connectivity index (χ4n) is 2.00. The van der Waals surface area contributed by atoms with Gasteiger partial charge in [0.2, 0.25) is 5.91 Å². The Morgan fingerprint density at radius 3 is 2.63 bits per heavy atom. The van der Waals surface area contributed by atoms with Gasteiger partial charge in [0.25, 0.3) is 0 Å². The number of alkyl halides is 3. The molecule has 1 heterocycles. The summed E-state index contributed by atoms with van der Waals surface area (Å²) in [6, 6.07) is 3.98. The smallest absolute Gasteiger partial charge is 0.390 e. The average molecular weight is 273 g/mol. The molecule has 0 aliphatic carbocycles. The van der Waals surface area contributed by atoms with Crippen molar-refractivity contribution in [3.05, 3.63) is 29.3 Å². The van der Waals surface area contributed by atoms with Gasteiger partial charge < -0.3 is 10.0 Å². The number of fused-ring (bicyclic) bond motifs is 1. The summed E-state index contributed by atoms with van der Waals surface area (Å²) >= 11 is 0. The number of halogens is 3. The lowest BCUT2D eigenvalue weighted by Gasteiger charge is -2.18. The number of carboxylic acids is 1. The zero-order valence-corrected chi connectivity index (χ0v) is 9.70. The van der Waals surface area contributed by atoms with Crippen LogP contribution >= 0.6 is 0 Å². The normalized spacial score (nSPS) is 14.7. The van der Waals surface area contributed by atoms with Gasteiger partial charge in [-0.05, 0) is 23.8 Å². The molecule has 0 atom stereocenters. The highest BCUT2D eigenvalue weighted by atomic mass is 19.4. The van der Waals surface area contributed by atoms with Crippen LogP contribution in [0.5, 0.6) is 0 Å². The molecule has 1 aliphatic heterocycles. The number of hydrogen-bond donors (Lipinski definition) is 1. The van der Waals surface area contributed by atoms with E-state index in [0.29, 0.717) is 11.3 Å². The average Bonchev–Trinajstić information content (AvgIpc) is 2.59. The third-order valence-corrected chi connectivity index (χ3v) is 2.88. The van der Waals surface area contributed by atoms with Crippen molar-refractivity contribution in [3.8, 4) is 0 Å². The third kappa shape index (κ3) is 2.86. The van der Waals surface area contributed by atoms with Crippen molar-refractivity contribution in [3.63, 3.8) is 0 Å². The van der Waals surface area contributed by atoms with Crippen LogP contribution in [0.4, 0.5) is 18.9 Å². The molecule has 1 aromatic rings. The van der Waals surface area contributed by atoms with Crippen LogP contribution in [0.15, 0.2) is 18.2 Å². The molecule has 0 radical (unpaired) electrons. The minimum absolute atomic E-state index is 0.0178. The Labute approximate surface area is 106 Å². The molecule has 1 amide bonds. The summed E-state index contributed by atoms with van der Waals surface area (Å²) in [5.74, 6) is -1.58. The fraction of sp³-hybridized carbons (Fsp3) is 0.333. The zero-order valence-electron chi connectivity index (χ0n) is 9.70. The van der Waals surface area contributed by atoms with E-state index in [2.05, 4.69) is 0 Å². The van der Waals surface area contributed by atoms with Gasteiger partial charge in [-0.15, -0.1) is 0 Å². The highest BCUT2D eigenvalue weighted by molar-refractivity contribution is 6.02. The van der Waals surface area contributed by atoms with Gasteiger partial charge in [0.05, 0.1) is 18.4 Å². The molecular formula is C12H10F3NO3. The van der Waals surface area contributed by atoms with Gasteiger partial charge in [-0.25, -0.2) is 4.79 Å². The van der Waals surface area contributed by atoms with Gasteiger partial charge in [0.15, 0.2) is 0 Å². The van der Waals surface area contributed by atoms with E-state index >= 15 is 0 Å². The molecule has 0 spiro atoms. The second-order valence-electron chi connectivity index (χ2n) is 4.24. The summed E-state index contributed by atoms with van der Waals surface area (Å²) in [6.45, 7) is -0.443. The molecule has 19 heavy (non-hydrogen) atoms. The van der Waals surface area contributed by atoms with Crippen LogP contribution < -0.4 is 4.90 Å². The Kier molecular flexibility index (Phi) is 3.21. The van der Waals surface area contributed by atoms with Crippen molar-refractivity contribution < 1.29 is 27.9 Å². The van der Waals surface area contributed by atoms with E-state index in [-0.39, 0.29) is 12.0 Å². The first-order chi connectivity index (χ1) is 8.78. The lowest BCUT2D eigenvalue weighted by atomic mass is 10.1. The number of benzene rings is 1. The van der Waals surface area contributed by atoms with Crippen molar-refractivity contribution in [2.45, 2.75) is 19.0 Å². The van der Waals surface area contributed by atoms with Gasteiger partial charge in [-0.2, -0.15) is 13.2 Å². The Bertz CT molecular complexity index is 540. The van der Waals surface area contributed by atoms with Crippen molar-refractivity contribution in [1.82, 2.24) is 0 Å². The quantitative estimate of drug-likeness (QED) is 0.918. The lowest BCUT2D eigenvalue weighted by molar-refractivity contribution is -0.133. The lowest BCUT2D eigenvalue weighted by Crippen LogP contribution is -2.30. The monoisotopic (exact) mass is 273 g/mol. The van der Waals surface area contributed by atoms with Gasteiger partial charge >= 0.3 is 12.1 Å². The van der Waals surface area contributed by atoms with Crippen molar-refractivity contribution in [2.24, 2.45) is 0 Å². The largest absolute Gasteiger partial charge is 0.478 e. The molecule has 7 heteroatoms. The molecular weight excluding hydrogens is 263 g/mol. The maximum Gasteiger partial charge on any atom is 0.390 e. The molecule has 0 unspecified atom stereocenters. The summed E-state index contributed by atoms with van der Waals surface area (Å²) in [4.78, 5) is 23.5. The molecule has 1 N–H and O–H groups in total. The number of carbonyl (C=O) groups excluding carboxylic acids is 1. The Morgan fingerprint density at radius 1 is 1.37 bits per heavy atom. The van der Waals surface area contributed by atoms with E-state index in [1.807, 2.05) is 0 Å². The summed E-state index contributed by atoms with van der Waals surface area (Å²) < 4.78 is 36.5. The first-order valence-electron chi connectivity index (χ1n) is 5.51. The molecule has 0 saturated carbocycles. The Hall–Kier alpha value is -2.05. The van der Waals surface area contributed by atoms with Crippen molar-refractivity contribution in [1.29, 1.82) is 0 Å². The second kappa shape index (κ2) is 4.56. The third-order valence-electron chi connectivity index (χ3n) is 2.88. The SMILES string of the molecule is O=C(O)c1ccc2c(c1)CC(=O)N2CCC(F)(F)F. The van der Waals surface area contributed by atoms with Crippen LogP contribution in [0.1, 0.15) is 22.3 Å². The minimum atomic E-state index is -4.33. The van der Waals surface area contributed by atoms with Gasteiger partial charge in [0, 0.05) is 12.2 Å². The predicted octanol–water partition coefficient (Wildman–Crippen LogP) is 2.23. The van der Waals surface area contributed by atoms with Gasteiger partial charge in [-0.1, -0.05) is 0 Å². The molecule has 1 aromatic carbocycles. The predicted molar refractivity (Wildman–Crippen MR) is 60.1 cm³/mol. The Morgan fingerprint density at radius 2 is 2.05 bits per heavy atom. The van der Waals surface area contributed by atoms with E-state index < -0.39 is 31.0 Å². The molecule has 4 nitrogen and oxygen atoms in total. The number of aromatic carboxylic acids is 1. The topological polar surface area (TPSA) is 57.6 Å². The van der Waals surface area contributed by atoms with Crippen LogP contribution in [-0.4, -0.2) is 29.7 Å². The number of rotatable bonds is 3. The van der Waals surface area contributed by atoms with Crippen LogP contribution in [0, 0.1) is 0 Å². The molecule has 2 rings (SSSR count). The van der Waals surface area contributed by atoms with Crippen molar-refractivity contribution >= 4 is 17.6 Å². The van der Waals surface area contributed by atoms with Gasteiger partial charge in [-0.3, -0.25) is 4.79 Å². The van der Waals surface area contributed by atoms with Crippen LogP contribution in [0.3, 0.4) is 0 Å². The summed E-state index contributed by atoms with van der Waals surface area (Å²) in [6.07, 6.45) is -5.47. The van der Waals surface area contributed by atoms with Crippen LogP contribution in [-0.2, 0) is 11.2 Å². The maximum absolute atomic E-state index is 12.2. The van der Waals surface area contributed by atoms with Gasteiger partial charge in [0.1, 0.15) is 0 Å². The van der Waals surface area contributed by atoms with E-state index in [4.69, 9.17) is 5.11 Å². The molecule has 1 aliphatic rings. The number of hydrogen-bond acceptors (Lipinski definition) is 2. The number of nitrogens with zero attached hydrogens (tertiary/aromatic N) is 1. The second-order valence-corrected chi connectivity index (χ2v) is 4.24. The standard InChI is InChI=1S/C12H10F3NO3/c13-12(14,15)3-4-16-9-2-1-7(11(18)19)5-8(9)6-10(16)17/h1-2,5H,3-4,6H2,(H,18,19). The van der Waals surface area contributed by atoms with E-state index in [0.717, 1.165) is 4.90 Å². The summed E-state index contributed by atoms with van der Waals surface area (Å²) in [5.41, 5.74) is 0.829. The molecule has 102 valence electrons. The number of carboxylic acid groups (broad SMARTS) is 1. The highest BCUT2D eigenvalue weighted by Crippen LogP contribution is 2.31. The number of anilines is 1. The molecule has 0 saturated heterocycles. The highest BCUT2D eigenvalue weighted by Gasteiger charge is 2.33. The molecule has 0 fully saturated rings. The number of amides is 1. The minimum Gasteiger partial charge on any atom is -0.478 e. The fourth-order valence-corrected chi connectivity index (χ4v) is 2.00. The summed E-state index contributed by atoms with van der Waals surface area (Å²) in [7, 11) is 0. The van der Waals surface area contributed by atoms with E-state index in [1.54, 1.807) is 0 Å². The molecule has 0 aromatic heterocycles. The summed E-state index contributed by atoms with van der Waals surface area (Å²) in [5, 5.41) is 8.81. The maximum atomic E-state index is 12.2. The first kappa shape index (κ1) is 13.4. The van der Waals surface area contributed by atoms with E-state index in [1.165, 1.54) is 18.2 Å². The molecule has 0 bridgehead atoms.